The highest BCUT2D eigenvalue weighted by molar-refractivity contribution is 7.26. The van der Waals surface area contributed by atoms with Crippen molar-refractivity contribution in [1.82, 2.24) is 4.57 Å². The fraction of sp³-hybridized carbons (Fsp3) is 0. The summed E-state index contributed by atoms with van der Waals surface area (Å²) in [5.41, 5.74) is 25.2. The van der Waals surface area contributed by atoms with E-state index in [2.05, 4.69) is 350 Å². The van der Waals surface area contributed by atoms with Crippen molar-refractivity contribution in [2.45, 2.75) is 0 Å². The SMILES string of the molecule is c1ccc(-c2ccc3sc4c(-c5ccc6c(c5)c5cc(-c7cc(-c8ccccc8)cc8c7sc7ccc(-c9ccccc9)cc78)ccc5n6-c5cccc(-c6ccc7c(-c8ccccc8)c8ccccc8c(-c8ccccc8)c7c6)c5)cc(-c5ccccc5)cc4c3c2)cc1. The van der Waals surface area contributed by atoms with Gasteiger partial charge in [-0.15, -0.1) is 22.7 Å². The quantitative estimate of drug-likeness (QED) is 0.120. The summed E-state index contributed by atoms with van der Waals surface area (Å²) in [6, 6.07) is 129. The zero-order chi connectivity index (χ0) is 62.5. The van der Waals surface area contributed by atoms with E-state index in [1.165, 1.54) is 167 Å². The average molecular weight is 1240 g/mol. The van der Waals surface area contributed by atoms with Crippen LogP contribution in [0.1, 0.15) is 0 Å². The van der Waals surface area contributed by atoms with Crippen LogP contribution in [0.5, 0.6) is 0 Å². The van der Waals surface area contributed by atoms with Crippen LogP contribution in [-0.2, 0) is 0 Å². The smallest absolute Gasteiger partial charge is 0.0541 e. The fourth-order valence-corrected chi connectivity index (χ4v) is 17.5. The van der Waals surface area contributed by atoms with Gasteiger partial charge in [0.2, 0.25) is 0 Å². The summed E-state index contributed by atoms with van der Waals surface area (Å²) in [7, 11) is 0. The summed E-state index contributed by atoms with van der Waals surface area (Å²) in [5, 5.41) is 12.5. The van der Waals surface area contributed by atoms with Gasteiger partial charge in [0.25, 0.3) is 0 Å². The van der Waals surface area contributed by atoms with Crippen LogP contribution in [0.15, 0.2) is 346 Å². The first-order valence-electron chi connectivity index (χ1n) is 32.6. The molecule has 3 aromatic heterocycles. The zero-order valence-electron chi connectivity index (χ0n) is 51.7. The molecule has 0 saturated heterocycles. The number of fused-ring (bicyclic) bond motifs is 11. The van der Waals surface area contributed by atoms with Crippen molar-refractivity contribution in [3.8, 4) is 106 Å². The lowest BCUT2D eigenvalue weighted by atomic mass is 9.85. The highest BCUT2D eigenvalue weighted by Crippen LogP contribution is 2.50. The first-order chi connectivity index (χ1) is 47.1. The van der Waals surface area contributed by atoms with Gasteiger partial charge in [-0.2, -0.15) is 0 Å². The van der Waals surface area contributed by atoms with E-state index in [9.17, 15) is 0 Å². The molecular formula is C92H57NS2. The molecule has 16 aromatic carbocycles. The molecule has 0 aliphatic rings. The molecule has 95 heavy (non-hydrogen) atoms. The molecule has 442 valence electrons. The van der Waals surface area contributed by atoms with Gasteiger partial charge in [0.05, 0.1) is 11.0 Å². The number of hydrogen-bond acceptors (Lipinski definition) is 2. The molecule has 0 aliphatic heterocycles. The lowest BCUT2D eigenvalue weighted by molar-refractivity contribution is 1.18. The number of thiophene rings is 2. The van der Waals surface area contributed by atoms with Gasteiger partial charge in [0.15, 0.2) is 0 Å². The van der Waals surface area contributed by atoms with Crippen LogP contribution in [0.25, 0.3) is 190 Å². The standard InChI is InChI=1S/C92H57NS2/c1-7-22-58(23-8-1)65-41-46-87-80(49-65)83-56-70(60-26-11-3-12-27-60)54-76(91(83)94-87)68-39-44-85-78(52-68)79-53-69(77-55-71(61-28-13-4-14-29-61)57-84-81-50-66(59-24-9-2-10-25-59)42-47-88(81)95-92(77)84)40-45-86(79)93(85)72-35-21-34-64(48-72)67-38-43-75-82(51-67)90(63-32-17-6-18-33-63)74-37-20-19-36-73(74)89(75)62-30-15-5-16-31-62/h1-57H. The van der Waals surface area contributed by atoms with Gasteiger partial charge in [0, 0.05) is 67.9 Å². The van der Waals surface area contributed by atoms with E-state index < -0.39 is 0 Å². The van der Waals surface area contributed by atoms with Gasteiger partial charge in [-0.3, -0.25) is 0 Å². The summed E-state index contributed by atoms with van der Waals surface area (Å²) in [5.74, 6) is 0. The predicted octanol–water partition coefficient (Wildman–Crippen LogP) is 26.8. The molecule has 0 saturated carbocycles. The van der Waals surface area contributed by atoms with Crippen LogP contribution in [0.2, 0.25) is 0 Å². The molecule has 3 heteroatoms. The molecule has 0 radical (unpaired) electrons. The van der Waals surface area contributed by atoms with Crippen molar-refractivity contribution in [1.29, 1.82) is 0 Å². The molecule has 0 fully saturated rings. The Hall–Kier alpha value is -11.7. The normalized spacial score (nSPS) is 11.8. The van der Waals surface area contributed by atoms with Gasteiger partial charge in [-0.05, 0) is 202 Å². The molecule has 19 aromatic rings. The highest BCUT2D eigenvalue weighted by Gasteiger charge is 2.23. The van der Waals surface area contributed by atoms with Gasteiger partial charge in [0.1, 0.15) is 0 Å². The summed E-state index contributed by atoms with van der Waals surface area (Å²) < 4.78 is 7.65. The first kappa shape index (κ1) is 55.0. The van der Waals surface area contributed by atoms with Gasteiger partial charge >= 0.3 is 0 Å². The lowest BCUT2D eigenvalue weighted by Crippen LogP contribution is -1.95. The molecule has 0 N–H and O–H groups in total. The van der Waals surface area contributed by atoms with Crippen LogP contribution in [-0.4, -0.2) is 4.57 Å². The third kappa shape index (κ3) is 9.34. The molecule has 0 spiro atoms. The Balaban J connectivity index is 0.844. The maximum absolute atomic E-state index is 2.51. The zero-order valence-corrected chi connectivity index (χ0v) is 53.3. The van der Waals surface area contributed by atoms with Crippen molar-refractivity contribution >= 4 is 106 Å². The van der Waals surface area contributed by atoms with E-state index in [4.69, 9.17) is 0 Å². The molecule has 0 atom stereocenters. The minimum absolute atomic E-state index is 1.11. The number of rotatable bonds is 10. The minimum Gasteiger partial charge on any atom is -0.309 e. The van der Waals surface area contributed by atoms with Crippen molar-refractivity contribution in [2.24, 2.45) is 0 Å². The van der Waals surface area contributed by atoms with Crippen molar-refractivity contribution in [3.63, 3.8) is 0 Å². The highest BCUT2D eigenvalue weighted by atomic mass is 32.1. The van der Waals surface area contributed by atoms with E-state index in [0.29, 0.717) is 0 Å². The van der Waals surface area contributed by atoms with E-state index in [0.717, 1.165) is 22.3 Å². The second-order valence-corrected chi connectivity index (χ2v) is 27.1. The van der Waals surface area contributed by atoms with Gasteiger partial charge < -0.3 is 4.57 Å². The van der Waals surface area contributed by atoms with E-state index in [1.54, 1.807) is 0 Å². The second-order valence-electron chi connectivity index (χ2n) is 25.0. The summed E-state index contributed by atoms with van der Waals surface area (Å²) in [6.07, 6.45) is 0. The maximum atomic E-state index is 2.51. The number of nitrogens with zero attached hydrogens (tertiary/aromatic N) is 1. The second kappa shape index (κ2) is 22.5. The van der Waals surface area contributed by atoms with E-state index in [1.807, 2.05) is 22.7 Å². The molecule has 0 bridgehead atoms. The predicted molar refractivity (Wildman–Crippen MR) is 410 cm³/mol. The number of aromatic nitrogens is 1. The number of hydrogen-bond donors (Lipinski definition) is 0. The Labute approximate surface area is 558 Å². The molecule has 0 amide bonds. The molecule has 3 heterocycles. The summed E-state index contributed by atoms with van der Waals surface area (Å²) in [4.78, 5) is 0. The van der Waals surface area contributed by atoms with Gasteiger partial charge in [-0.1, -0.05) is 255 Å². The first-order valence-corrected chi connectivity index (χ1v) is 34.2. The molecule has 1 nitrogen and oxygen atoms in total. The maximum Gasteiger partial charge on any atom is 0.0541 e. The lowest BCUT2D eigenvalue weighted by Gasteiger charge is -2.19. The van der Waals surface area contributed by atoms with Crippen LogP contribution in [0, 0.1) is 0 Å². The van der Waals surface area contributed by atoms with Crippen LogP contribution in [0.4, 0.5) is 0 Å². The topological polar surface area (TPSA) is 4.93 Å². The Kier molecular flexibility index (Phi) is 13.0. The fourth-order valence-electron chi connectivity index (χ4n) is 15.1. The Bertz CT molecular complexity index is 5960. The average Bonchev–Trinajstić information content (AvgIpc) is 1.77. The molecule has 0 aliphatic carbocycles. The molecule has 19 rings (SSSR count). The van der Waals surface area contributed by atoms with Gasteiger partial charge in [-0.25, -0.2) is 0 Å². The van der Waals surface area contributed by atoms with E-state index >= 15 is 0 Å². The van der Waals surface area contributed by atoms with Crippen molar-refractivity contribution in [2.75, 3.05) is 0 Å². The molecule has 0 unspecified atom stereocenters. The third-order valence-electron chi connectivity index (χ3n) is 19.5. The van der Waals surface area contributed by atoms with Crippen molar-refractivity contribution < 1.29 is 0 Å². The molecular weight excluding hydrogens is 1180 g/mol. The Morgan fingerprint density at radius 3 is 0.968 bits per heavy atom. The van der Waals surface area contributed by atoms with Crippen LogP contribution in [0.3, 0.4) is 0 Å². The van der Waals surface area contributed by atoms with Crippen LogP contribution < -0.4 is 0 Å². The van der Waals surface area contributed by atoms with E-state index in [-0.39, 0.29) is 0 Å². The third-order valence-corrected chi connectivity index (χ3v) is 22.0. The van der Waals surface area contributed by atoms with Crippen molar-refractivity contribution in [3.05, 3.63) is 346 Å². The minimum atomic E-state index is 1.11. The van der Waals surface area contributed by atoms with Crippen LogP contribution >= 0.6 is 22.7 Å². The Morgan fingerprint density at radius 1 is 0.179 bits per heavy atom. The monoisotopic (exact) mass is 1240 g/mol. The summed E-state index contributed by atoms with van der Waals surface area (Å²) in [6.45, 7) is 0. The summed E-state index contributed by atoms with van der Waals surface area (Å²) >= 11 is 3.80. The Morgan fingerprint density at radius 2 is 0.505 bits per heavy atom. The number of benzene rings is 16. The largest absolute Gasteiger partial charge is 0.309 e.